The van der Waals surface area contributed by atoms with Gasteiger partial charge in [-0.05, 0) is 24.9 Å². The molecule has 0 radical (unpaired) electrons. The lowest BCUT2D eigenvalue weighted by Crippen LogP contribution is -2.33. The van der Waals surface area contributed by atoms with Crippen LogP contribution in [-0.4, -0.2) is 41.7 Å². The van der Waals surface area contributed by atoms with E-state index in [1.165, 1.54) is 37.7 Å². The van der Waals surface area contributed by atoms with Crippen LogP contribution in [0.5, 0.6) is 0 Å². The van der Waals surface area contributed by atoms with Crippen LogP contribution in [0.25, 0.3) is 0 Å². The fourth-order valence-electron chi connectivity index (χ4n) is 2.85. The van der Waals surface area contributed by atoms with E-state index in [1.807, 2.05) is 6.07 Å². The predicted octanol–water partition coefficient (Wildman–Crippen LogP) is 3.28. The lowest BCUT2D eigenvalue weighted by molar-refractivity contribution is -0.00229. The van der Waals surface area contributed by atoms with E-state index in [2.05, 4.69) is 29.6 Å². The van der Waals surface area contributed by atoms with Gasteiger partial charge in [0.05, 0.1) is 19.8 Å². The van der Waals surface area contributed by atoms with Crippen LogP contribution in [0, 0.1) is 5.41 Å². The van der Waals surface area contributed by atoms with Crippen molar-refractivity contribution in [3.05, 3.63) is 35.9 Å². The molecule has 1 aromatic rings. The second-order valence-electron chi connectivity index (χ2n) is 6.86. The van der Waals surface area contributed by atoms with E-state index < -0.39 is 5.41 Å². The molecule has 0 heterocycles. The Hall–Kier alpha value is -0.650. The van der Waals surface area contributed by atoms with Gasteiger partial charge in [-0.25, -0.2) is 0 Å². The summed E-state index contributed by atoms with van der Waals surface area (Å²) in [6.07, 6.45) is 8.93. The standard InChI is InChI=1S/C20H35NO3.ClH/c22-16-20(17-23,18-24)13-9-4-2-1-3-5-10-14-21-15-19-11-7-6-8-12-19;/h6-8,11-12,21-24H,1-5,9-10,13-18H2;1H. The maximum Gasteiger partial charge on any atom is 0.0531 e. The number of rotatable bonds is 15. The molecule has 0 saturated heterocycles. The zero-order valence-electron chi connectivity index (χ0n) is 15.3. The van der Waals surface area contributed by atoms with Gasteiger partial charge < -0.3 is 20.6 Å². The SMILES string of the molecule is Cl.OCC(CO)(CO)CCCCCCCCCNCc1ccccc1. The Kier molecular flexibility index (Phi) is 15.2. The van der Waals surface area contributed by atoms with E-state index in [4.69, 9.17) is 0 Å². The second kappa shape index (κ2) is 15.6. The Bertz CT molecular complexity index is 391. The summed E-state index contributed by atoms with van der Waals surface area (Å²) in [6, 6.07) is 10.5. The summed E-state index contributed by atoms with van der Waals surface area (Å²) >= 11 is 0. The van der Waals surface area contributed by atoms with Gasteiger partial charge in [-0.3, -0.25) is 0 Å². The van der Waals surface area contributed by atoms with Crippen LogP contribution in [-0.2, 0) is 6.54 Å². The summed E-state index contributed by atoms with van der Waals surface area (Å²) in [6.45, 7) is 1.59. The number of nitrogens with one attached hydrogen (secondary N) is 1. The van der Waals surface area contributed by atoms with E-state index >= 15 is 0 Å². The highest BCUT2D eigenvalue weighted by molar-refractivity contribution is 5.85. The molecule has 0 aliphatic rings. The summed E-state index contributed by atoms with van der Waals surface area (Å²) in [7, 11) is 0. The molecular weight excluding hydrogens is 338 g/mol. The molecule has 25 heavy (non-hydrogen) atoms. The summed E-state index contributed by atoms with van der Waals surface area (Å²) in [5, 5.41) is 31.3. The minimum Gasteiger partial charge on any atom is -0.396 e. The number of aliphatic hydroxyl groups excluding tert-OH is 3. The van der Waals surface area contributed by atoms with E-state index in [-0.39, 0.29) is 32.2 Å². The number of benzene rings is 1. The summed E-state index contributed by atoms with van der Waals surface area (Å²) in [5.74, 6) is 0. The van der Waals surface area contributed by atoms with Crippen molar-refractivity contribution in [3.63, 3.8) is 0 Å². The van der Waals surface area contributed by atoms with Crippen LogP contribution in [0.2, 0.25) is 0 Å². The smallest absolute Gasteiger partial charge is 0.0531 e. The largest absolute Gasteiger partial charge is 0.396 e. The molecule has 0 spiro atoms. The maximum atomic E-state index is 9.27. The number of aliphatic hydroxyl groups is 3. The molecule has 0 saturated carbocycles. The molecule has 0 amide bonds. The van der Waals surface area contributed by atoms with Gasteiger partial charge in [0.1, 0.15) is 0 Å². The van der Waals surface area contributed by atoms with Gasteiger partial charge in [0, 0.05) is 12.0 Å². The first-order valence-corrected chi connectivity index (χ1v) is 9.33. The van der Waals surface area contributed by atoms with Gasteiger partial charge in [0.25, 0.3) is 0 Å². The maximum absolute atomic E-state index is 9.27. The third-order valence-electron chi connectivity index (χ3n) is 4.74. The van der Waals surface area contributed by atoms with Gasteiger partial charge in [0.2, 0.25) is 0 Å². The number of hydrogen-bond donors (Lipinski definition) is 4. The highest BCUT2D eigenvalue weighted by Gasteiger charge is 2.26. The molecule has 5 heteroatoms. The Morgan fingerprint density at radius 3 is 1.80 bits per heavy atom. The van der Waals surface area contributed by atoms with Crippen LogP contribution in [0.4, 0.5) is 0 Å². The van der Waals surface area contributed by atoms with Crippen LogP contribution in [0.3, 0.4) is 0 Å². The van der Waals surface area contributed by atoms with Gasteiger partial charge in [-0.2, -0.15) is 0 Å². The van der Waals surface area contributed by atoms with Gasteiger partial charge in [-0.15, -0.1) is 12.4 Å². The van der Waals surface area contributed by atoms with Crippen molar-refractivity contribution in [1.82, 2.24) is 5.32 Å². The zero-order chi connectivity index (χ0) is 17.5. The summed E-state index contributed by atoms with van der Waals surface area (Å²) < 4.78 is 0. The van der Waals surface area contributed by atoms with Crippen LogP contribution in [0.15, 0.2) is 30.3 Å². The van der Waals surface area contributed by atoms with E-state index in [1.54, 1.807) is 0 Å². The number of unbranched alkanes of at least 4 members (excludes halogenated alkanes) is 6. The highest BCUT2D eigenvalue weighted by Crippen LogP contribution is 2.23. The molecule has 1 rings (SSSR count). The van der Waals surface area contributed by atoms with E-state index in [9.17, 15) is 15.3 Å². The molecule has 4 nitrogen and oxygen atoms in total. The average Bonchev–Trinajstić information content (AvgIpc) is 2.64. The van der Waals surface area contributed by atoms with Gasteiger partial charge >= 0.3 is 0 Å². The Morgan fingerprint density at radius 2 is 1.24 bits per heavy atom. The molecule has 0 aliphatic heterocycles. The van der Waals surface area contributed by atoms with Crippen molar-refractivity contribution < 1.29 is 15.3 Å². The monoisotopic (exact) mass is 373 g/mol. The van der Waals surface area contributed by atoms with Gasteiger partial charge in [-0.1, -0.05) is 68.9 Å². The lowest BCUT2D eigenvalue weighted by atomic mass is 9.85. The molecule has 0 aromatic heterocycles. The van der Waals surface area contributed by atoms with Crippen LogP contribution in [0.1, 0.15) is 56.9 Å². The highest BCUT2D eigenvalue weighted by atomic mass is 35.5. The normalized spacial score (nSPS) is 11.3. The quantitative estimate of drug-likeness (QED) is 0.356. The molecule has 0 aliphatic carbocycles. The van der Waals surface area contributed by atoms with E-state index in [0.29, 0.717) is 6.42 Å². The topological polar surface area (TPSA) is 72.7 Å². The third-order valence-corrected chi connectivity index (χ3v) is 4.74. The minimum absolute atomic E-state index is 0. The molecule has 0 atom stereocenters. The molecule has 146 valence electrons. The van der Waals surface area contributed by atoms with Crippen molar-refractivity contribution in [2.45, 2.75) is 57.9 Å². The first-order valence-electron chi connectivity index (χ1n) is 9.33. The molecule has 1 aromatic carbocycles. The molecule has 4 N–H and O–H groups in total. The second-order valence-corrected chi connectivity index (χ2v) is 6.86. The average molecular weight is 374 g/mol. The van der Waals surface area contributed by atoms with E-state index in [0.717, 1.165) is 25.9 Å². The number of halogens is 1. The Balaban J connectivity index is 0.00000576. The molecule has 0 bridgehead atoms. The Morgan fingerprint density at radius 1 is 0.720 bits per heavy atom. The summed E-state index contributed by atoms with van der Waals surface area (Å²) in [4.78, 5) is 0. The van der Waals surface area contributed by atoms with Crippen LogP contribution < -0.4 is 5.32 Å². The predicted molar refractivity (Wildman–Crippen MR) is 106 cm³/mol. The van der Waals surface area contributed by atoms with Crippen LogP contribution >= 0.6 is 12.4 Å². The number of hydrogen-bond acceptors (Lipinski definition) is 4. The Labute approximate surface area is 159 Å². The molecule has 0 unspecified atom stereocenters. The molecule has 0 fully saturated rings. The van der Waals surface area contributed by atoms with Crippen molar-refractivity contribution in [3.8, 4) is 0 Å². The van der Waals surface area contributed by atoms with Crippen molar-refractivity contribution in [2.75, 3.05) is 26.4 Å². The van der Waals surface area contributed by atoms with Crippen molar-refractivity contribution in [2.24, 2.45) is 5.41 Å². The minimum atomic E-state index is -0.690. The van der Waals surface area contributed by atoms with Crippen molar-refractivity contribution >= 4 is 12.4 Å². The summed E-state index contributed by atoms with van der Waals surface area (Å²) in [5.41, 5.74) is 0.645. The van der Waals surface area contributed by atoms with Gasteiger partial charge in [0.15, 0.2) is 0 Å². The third kappa shape index (κ3) is 10.8. The fourth-order valence-corrected chi connectivity index (χ4v) is 2.85. The zero-order valence-corrected chi connectivity index (χ0v) is 16.1. The van der Waals surface area contributed by atoms with Crippen molar-refractivity contribution in [1.29, 1.82) is 0 Å². The molecular formula is C20H36ClNO3. The first-order chi connectivity index (χ1) is 11.8. The first kappa shape index (κ1) is 24.4. The lowest BCUT2D eigenvalue weighted by Gasteiger charge is -2.27. The fraction of sp³-hybridized carbons (Fsp3) is 0.700.